The summed E-state index contributed by atoms with van der Waals surface area (Å²) in [6.45, 7) is 4.12. The van der Waals surface area contributed by atoms with Crippen LogP contribution in [-0.2, 0) is 4.79 Å². The Hall–Kier alpha value is -0.810. The number of likely N-dealkylation sites (tertiary alicyclic amines) is 1. The largest absolute Gasteiger partial charge is 0.350 e. The van der Waals surface area contributed by atoms with E-state index >= 15 is 0 Å². The predicted molar refractivity (Wildman–Crippen MR) is 93.7 cm³/mol. The molecule has 22 heavy (non-hydrogen) atoms. The molecule has 0 aromatic heterocycles. The number of nitrogens with zero attached hydrogens (tertiary/aromatic N) is 1. The van der Waals surface area contributed by atoms with Gasteiger partial charge in [-0.15, -0.1) is 24.8 Å². The number of carbonyl (C=O) groups is 1. The summed E-state index contributed by atoms with van der Waals surface area (Å²) in [5.74, 6) is -0.0588. The number of aryl methyl sites for hydroxylation is 1. The summed E-state index contributed by atoms with van der Waals surface area (Å²) < 4.78 is 0. The van der Waals surface area contributed by atoms with Crippen LogP contribution in [0.15, 0.2) is 24.3 Å². The number of hydrogen-bond donors (Lipinski definition) is 2. The molecule has 2 unspecified atom stereocenters. The van der Waals surface area contributed by atoms with Crippen LogP contribution in [0, 0.1) is 6.92 Å². The lowest BCUT2D eigenvalue weighted by Gasteiger charge is -2.18. The van der Waals surface area contributed by atoms with Crippen molar-refractivity contribution in [3.05, 3.63) is 35.4 Å². The molecule has 0 spiro atoms. The van der Waals surface area contributed by atoms with Crippen molar-refractivity contribution in [3.63, 3.8) is 0 Å². The smallest absolute Gasteiger partial charge is 0.241 e. The molecule has 0 radical (unpaired) electrons. The Kier molecular flexibility index (Phi) is 7.13. The maximum absolute atomic E-state index is 12.2. The first-order valence-electron chi connectivity index (χ1n) is 7.50. The van der Waals surface area contributed by atoms with Crippen molar-refractivity contribution in [1.82, 2.24) is 10.2 Å². The van der Waals surface area contributed by atoms with Crippen molar-refractivity contribution in [2.45, 2.75) is 44.3 Å². The van der Waals surface area contributed by atoms with Crippen molar-refractivity contribution in [1.29, 1.82) is 0 Å². The first kappa shape index (κ1) is 19.2. The minimum absolute atomic E-state index is 0. The monoisotopic (exact) mass is 345 g/mol. The van der Waals surface area contributed by atoms with E-state index in [1.807, 2.05) is 31.2 Å². The van der Waals surface area contributed by atoms with E-state index in [0.29, 0.717) is 0 Å². The van der Waals surface area contributed by atoms with Gasteiger partial charge in [-0.2, -0.15) is 0 Å². The Labute approximate surface area is 144 Å². The number of carbonyl (C=O) groups excluding carboxylic acids is 1. The molecular weight excluding hydrogens is 321 g/mol. The number of benzene rings is 1. The molecule has 1 aliphatic carbocycles. The molecule has 1 heterocycles. The van der Waals surface area contributed by atoms with Crippen molar-refractivity contribution in [3.8, 4) is 0 Å². The second-order valence-corrected chi connectivity index (χ2v) is 6.11. The number of nitrogens with two attached hydrogens (primary N) is 1. The first-order chi connectivity index (χ1) is 9.63. The lowest BCUT2D eigenvalue weighted by Crippen LogP contribution is -2.42. The SMILES string of the molecule is Cc1ccc(C(N)C(=O)NC2CCN(C3CC3)C2)cc1.Cl.Cl. The molecule has 124 valence electrons. The highest BCUT2D eigenvalue weighted by Crippen LogP contribution is 2.29. The number of amides is 1. The van der Waals surface area contributed by atoms with Crippen LogP contribution in [0.4, 0.5) is 0 Å². The fourth-order valence-electron chi connectivity index (χ4n) is 2.89. The van der Waals surface area contributed by atoms with Crippen molar-refractivity contribution in [2.75, 3.05) is 13.1 Å². The minimum Gasteiger partial charge on any atom is -0.350 e. The van der Waals surface area contributed by atoms with Crippen LogP contribution in [0.3, 0.4) is 0 Å². The summed E-state index contributed by atoms with van der Waals surface area (Å²) in [6, 6.07) is 8.34. The maximum atomic E-state index is 12.2. The highest BCUT2D eigenvalue weighted by Gasteiger charge is 2.35. The van der Waals surface area contributed by atoms with Gasteiger partial charge in [0.25, 0.3) is 0 Å². The lowest BCUT2D eigenvalue weighted by molar-refractivity contribution is -0.123. The topological polar surface area (TPSA) is 58.4 Å². The Morgan fingerprint density at radius 2 is 1.86 bits per heavy atom. The Morgan fingerprint density at radius 1 is 1.23 bits per heavy atom. The third kappa shape index (κ3) is 4.59. The molecule has 2 atom stereocenters. The fourth-order valence-corrected chi connectivity index (χ4v) is 2.89. The van der Waals surface area contributed by atoms with Crippen molar-refractivity contribution < 1.29 is 4.79 Å². The molecule has 4 nitrogen and oxygen atoms in total. The van der Waals surface area contributed by atoms with Gasteiger partial charge >= 0.3 is 0 Å². The van der Waals surface area contributed by atoms with Crippen molar-refractivity contribution in [2.24, 2.45) is 5.73 Å². The highest BCUT2D eigenvalue weighted by molar-refractivity contribution is 5.85. The Morgan fingerprint density at radius 3 is 2.45 bits per heavy atom. The molecule has 1 aliphatic heterocycles. The summed E-state index contributed by atoms with van der Waals surface area (Å²) in [7, 11) is 0. The molecular formula is C16H25Cl2N3O. The number of halogens is 2. The second-order valence-electron chi connectivity index (χ2n) is 6.11. The van der Waals surface area contributed by atoms with Gasteiger partial charge in [-0.05, 0) is 31.7 Å². The molecule has 1 saturated heterocycles. The minimum atomic E-state index is -0.564. The molecule has 0 bridgehead atoms. The summed E-state index contributed by atoms with van der Waals surface area (Å²) in [6.07, 6.45) is 3.69. The molecule has 1 aromatic rings. The van der Waals surface area contributed by atoms with Crippen LogP contribution in [0.25, 0.3) is 0 Å². The van der Waals surface area contributed by atoms with Crippen LogP contribution in [0.5, 0.6) is 0 Å². The third-order valence-electron chi connectivity index (χ3n) is 4.35. The van der Waals surface area contributed by atoms with E-state index in [-0.39, 0.29) is 36.8 Å². The summed E-state index contributed by atoms with van der Waals surface area (Å²) in [4.78, 5) is 14.7. The number of nitrogens with one attached hydrogen (secondary N) is 1. The average molecular weight is 346 g/mol. The van der Waals surface area contributed by atoms with Crippen LogP contribution < -0.4 is 11.1 Å². The summed E-state index contributed by atoms with van der Waals surface area (Å²) in [5, 5.41) is 3.10. The first-order valence-corrected chi connectivity index (χ1v) is 7.50. The summed E-state index contributed by atoms with van der Waals surface area (Å²) in [5.41, 5.74) is 8.11. The predicted octanol–water partition coefficient (Wildman–Crippen LogP) is 2.19. The van der Waals surface area contributed by atoms with Gasteiger partial charge in [0.05, 0.1) is 0 Å². The van der Waals surface area contributed by atoms with E-state index in [1.165, 1.54) is 18.4 Å². The number of hydrogen-bond acceptors (Lipinski definition) is 3. The average Bonchev–Trinajstić information content (AvgIpc) is 3.20. The highest BCUT2D eigenvalue weighted by atomic mass is 35.5. The third-order valence-corrected chi connectivity index (χ3v) is 4.35. The van der Waals surface area contributed by atoms with Gasteiger partial charge in [0.2, 0.25) is 5.91 Å². The van der Waals surface area contributed by atoms with Gasteiger partial charge in [-0.1, -0.05) is 29.8 Å². The zero-order chi connectivity index (χ0) is 14.1. The quantitative estimate of drug-likeness (QED) is 0.879. The number of rotatable bonds is 4. The van der Waals surface area contributed by atoms with E-state index < -0.39 is 6.04 Å². The Balaban J connectivity index is 0.00000121. The Bertz CT molecular complexity index is 491. The molecule has 1 amide bonds. The van der Waals surface area contributed by atoms with E-state index in [9.17, 15) is 4.79 Å². The van der Waals surface area contributed by atoms with Crippen LogP contribution in [0.1, 0.15) is 36.4 Å². The summed E-state index contributed by atoms with van der Waals surface area (Å²) >= 11 is 0. The van der Waals surface area contributed by atoms with E-state index in [2.05, 4.69) is 10.2 Å². The molecule has 3 N–H and O–H groups in total. The van der Waals surface area contributed by atoms with Crippen LogP contribution in [-0.4, -0.2) is 36.0 Å². The van der Waals surface area contributed by atoms with Gasteiger partial charge in [-0.25, -0.2) is 0 Å². The molecule has 2 fully saturated rings. The van der Waals surface area contributed by atoms with Gasteiger partial charge in [0.1, 0.15) is 6.04 Å². The zero-order valence-corrected chi connectivity index (χ0v) is 14.5. The maximum Gasteiger partial charge on any atom is 0.241 e. The zero-order valence-electron chi connectivity index (χ0n) is 12.8. The van der Waals surface area contributed by atoms with Gasteiger partial charge in [0.15, 0.2) is 0 Å². The van der Waals surface area contributed by atoms with E-state index in [1.54, 1.807) is 0 Å². The van der Waals surface area contributed by atoms with Crippen LogP contribution in [0.2, 0.25) is 0 Å². The molecule has 2 aliphatic rings. The molecule has 1 aromatic carbocycles. The molecule has 6 heteroatoms. The molecule has 1 saturated carbocycles. The van der Waals surface area contributed by atoms with Crippen molar-refractivity contribution >= 4 is 30.7 Å². The standard InChI is InChI=1S/C16H23N3O.2ClH/c1-11-2-4-12(5-3-11)15(17)16(20)18-13-8-9-19(10-13)14-6-7-14;;/h2-5,13-15H,6-10,17H2,1H3,(H,18,20);2*1H. The second kappa shape index (κ2) is 8.16. The lowest BCUT2D eigenvalue weighted by atomic mass is 10.0. The van der Waals surface area contributed by atoms with E-state index in [4.69, 9.17) is 5.73 Å². The molecule has 3 rings (SSSR count). The van der Waals surface area contributed by atoms with Gasteiger partial charge in [0, 0.05) is 25.2 Å². The normalized spacial score (nSPS) is 22.4. The van der Waals surface area contributed by atoms with Crippen LogP contribution >= 0.6 is 24.8 Å². The van der Waals surface area contributed by atoms with Gasteiger partial charge < -0.3 is 11.1 Å². The van der Waals surface area contributed by atoms with Gasteiger partial charge in [-0.3, -0.25) is 9.69 Å². The fraction of sp³-hybridized carbons (Fsp3) is 0.562. The van der Waals surface area contributed by atoms with E-state index in [0.717, 1.165) is 31.1 Å².